The molecule has 1 saturated heterocycles. The summed E-state index contributed by atoms with van der Waals surface area (Å²) in [7, 11) is 0. The molecule has 2 heterocycles. The second-order valence-electron chi connectivity index (χ2n) is 4.13. The monoisotopic (exact) mass is 240 g/mol. The number of hydrogen-bond donors (Lipinski definition) is 1. The van der Waals surface area contributed by atoms with E-state index in [1.54, 1.807) is 12.4 Å². The van der Waals surface area contributed by atoms with Crippen molar-refractivity contribution < 1.29 is 19.4 Å². The molecule has 0 spiro atoms. The summed E-state index contributed by atoms with van der Waals surface area (Å²) in [6.45, 7) is 2.10. The Morgan fingerprint density at radius 3 is 3.06 bits per heavy atom. The molecule has 1 aliphatic heterocycles. The lowest BCUT2D eigenvalue weighted by Gasteiger charge is -2.21. The van der Waals surface area contributed by atoms with Crippen LogP contribution < -0.4 is 4.74 Å². The van der Waals surface area contributed by atoms with Crippen molar-refractivity contribution in [2.24, 2.45) is 5.92 Å². The van der Waals surface area contributed by atoms with Crippen molar-refractivity contribution in [2.75, 3.05) is 19.8 Å². The van der Waals surface area contributed by atoms with Crippen LogP contribution in [0.15, 0.2) is 12.4 Å². The van der Waals surface area contributed by atoms with Crippen molar-refractivity contribution in [3.05, 3.63) is 12.4 Å². The Labute approximate surface area is 99.1 Å². The van der Waals surface area contributed by atoms with Crippen LogP contribution >= 0.6 is 0 Å². The lowest BCUT2D eigenvalue weighted by molar-refractivity contribution is -0.137. The molecule has 0 aliphatic carbocycles. The molecule has 0 amide bonds. The topological polar surface area (TPSA) is 73.6 Å². The van der Waals surface area contributed by atoms with E-state index < -0.39 is 5.97 Å². The van der Waals surface area contributed by atoms with Gasteiger partial charge in [0.05, 0.1) is 19.0 Å². The fourth-order valence-electron chi connectivity index (χ4n) is 1.77. The van der Waals surface area contributed by atoms with Crippen LogP contribution in [0.4, 0.5) is 0 Å². The Balaban J connectivity index is 1.78. The minimum atomic E-state index is -0.913. The molecule has 1 aliphatic rings. The average Bonchev–Trinajstić information content (AvgIpc) is 2.75. The van der Waals surface area contributed by atoms with Gasteiger partial charge in [0.25, 0.3) is 0 Å². The Morgan fingerprint density at radius 2 is 2.35 bits per heavy atom. The molecule has 0 radical (unpaired) electrons. The predicted octanol–water partition coefficient (Wildman–Crippen LogP) is 0.773. The summed E-state index contributed by atoms with van der Waals surface area (Å²) < 4.78 is 12.2. The number of carboxylic acid groups (broad SMARTS) is 1. The zero-order valence-electron chi connectivity index (χ0n) is 9.54. The van der Waals surface area contributed by atoms with Gasteiger partial charge in [-0.25, -0.2) is 0 Å². The first-order valence-electron chi connectivity index (χ1n) is 5.69. The summed E-state index contributed by atoms with van der Waals surface area (Å²) in [4.78, 5) is 10.5. The highest BCUT2D eigenvalue weighted by Crippen LogP contribution is 2.17. The molecule has 0 bridgehead atoms. The SMILES string of the molecule is O=C(O)Cn1cc(OCC2CCOCC2)cn1. The zero-order valence-corrected chi connectivity index (χ0v) is 9.54. The van der Waals surface area contributed by atoms with Crippen LogP contribution in [0.1, 0.15) is 12.8 Å². The molecule has 0 saturated carbocycles. The Bertz CT molecular complexity index is 371. The summed E-state index contributed by atoms with van der Waals surface area (Å²) in [6, 6.07) is 0. The van der Waals surface area contributed by atoms with Crippen molar-refractivity contribution in [3.63, 3.8) is 0 Å². The van der Waals surface area contributed by atoms with Gasteiger partial charge in [-0.05, 0) is 18.8 Å². The van der Waals surface area contributed by atoms with E-state index in [-0.39, 0.29) is 6.54 Å². The third-order valence-corrected chi connectivity index (χ3v) is 2.73. The molecule has 1 aromatic rings. The van der Waals surface area contributed by atoms with Crippen LogP contribution in [0, 0.1) is 5.92 Å². The van der Waals surface area contributed by atoms with Crippen LogP contribution in [0.25, 0.3) is 0 Å². The molecule has 1 N–H and O–H groups in total. The molecule has 6 heteroatoms. The van der Waals surface area contributed by atoms with Gasteiger partial charge < -0.3 is 14.6 Å². The van der Waals surface area contributed by atoms with Gasteiger partial charge in [-0.3, -0.25) is 9.48 Å². The average molecular weight is 240 g/mol. The van der Waals surface area contributed by atoms with E-state index in [4.69, 9.17) is 14.6 Å². The Kier molecular flexibility index (Phi) is 3.98. The number of carbonyl (C=O) groups is 1. The quantitative estimate of drug-likeness (QED) is 0.823. The van der Waals surface area contributed by atoms with Gasteiger partial charge in [0.2, 0.25) is 0 Å². The lowest BCUT2D eigenvalue weighted by Crippen LogP contribution is -2.21. The number of aromatic nitrogens is 2. The van der Waals surface area contributed by atoms with Gasteiger partial charge in [0.15, 0.2) is 5.75 Å². The van der Waals surface area contributed by atoms with Crippen molar-refractivity contribution in [2.45, 2.75) is 19.4 Å². The van der Waals surface area contributed by atoms with Gasteiger partial charge >= 0.3 is 5.97 Å². The maximum Gasteiger partial charge on any atom is 0.325 e. The van der Waals surface area contributed by atoms with E-state index >= 15 is 0 Å². The first-order chi connectivity index (χ1) is 8.24. The third kappa shape index (κ3) is 3.74. The van der Waals surface area contributed by atoms with E-state index in [1.165, 1.54) is 4.68 Å². The summed E-state index contributed by atoms with van der Waals surface area (Å²) in [5, 5.41) is 12.5. The molecule has 1 aromatic heterocycles. The third-order valence-electron chi connectivity index (χ3n) is 2.73. The highest BCUT2D eigenvalue weighted by atomic mass is 16.5. The number of hydrogen-bond acceptors (Lipinski definition) is 4. The Morgan fingerprint density at radius 1 is 1.59 bits per heavy atom. The Hall–Kier alpha value is -1.56. The van der Waals surface area contributed by atoms with E-state index in [9.17, 15) is 4.79 Å². The summed E-state index contributed by atoms with van der Waals surface area (Å²) in [6.07, 6.45) is 5.18. The molecular formula is C11H16N2O4. The van der Waals surface area contributed by atoms with Crippen molar-refractivity contribution in [3.8, 4) is 5.75 Å². The smallest absolute Gasteiger partial charge is 0.325 e. The second kappa shape index (κ2) is 5.67. The molecular weight excluding hydrogens is 224 g/mol. The standard InChI is InChI=1S/C11H16N2O4/c14-11(15)7-13-6-10(5-12-13)17-8-9-1-3-16-4-2-9/h5-6,9H,1-4,7-8H2,(H,14,15). The van der Waals surface area contributed by atoms with Crippen molar-refractivity contribution >= 4 is 5.97 Å². The molecule has 1 fully saturated rings. The normalized spacial score (nSPS) is 16.9. The summed E-state index contributed by atoms with van der Waals surface area (Å²) >= 11 is 0. The maximum absolute atomic E-state index is 10.5. The first kappa shape index (κ1) is 11.9. The minimum absolute atomic E-state index is 0.138. The van der Waals surface area contributed by atoms with E-state index in [1.807, 2.05) is 0 Å². The second-order valence-corrected chi connectivity index (χ2v) is 4.13. The fourth-order valence-corrected chi connectivity index (χ4v) is 1.77. The maximum atomic E-state index is 10.5. The predicted molar refractivity (Wildman–Crippen MR) is 58.9 cm³/mol. The summed E-state index contributed by atoms with van der Waals surface area (Å²) in [5.74, 6) is 0.230. The highest BCUT2D eigenvalue weighted by molar-refractivity contribution is 5.66. The minimum Gasteiger partial charge on any atom is -0.490 e. The van der Waals surface area contributed by atoms with Crippen LogP contribution in [0.5, 0.6) is 5.75 Å². The van der Waals surface area contributed by atoms with Crippen LogP contribution in [0.3, 0.4) is 0 Å². The van der Waals surface area contributed by atoms with Gasteiger partial charge in [-0.15, -0.1) is 0 Å². The fraction of sp³-hybridized carbons (Fsp3) is 0.636. The van der Waals surface area contributed by atoms with E-state index in [0.29, 0.717) is 18.3 Å². The van der Waals surface area contributed by atoms with Gasteiger partial charge in [-0.2, -0.15) is 5.10 Å². The number of carboxylic acids is 1. The van der Waals surface area contributed by atoms with E-state index in [2.05, 4.69) is 5.10 Å². The number of rotatable bonds is 5. The van der Waals surface area contributed by atoms with Crippen LogP contribution in [-0.4, -0.2) is 40.7 Å². The largest absolute Gasteiger partial charge is 0.490 e. The van der Waals surface area contributed by atoms with Crippen molar-refractivity contribution in [1.82, 2.24) is 9.78 Å². The molecule has 6 nitrogen and oxygen atoms in total. The molecule has 94 valence electrons. The molecule has 17 heavy (non-hydrogen) atoms. The van der Waals surface area contributed by atoms with Crippen molar-refractivity contribution in [1.29, 1.82) is 0 Å². The van der Waals surface area contributed by atoms with Gasteiger partial charge in [0.1, 0.15) is 6.54 Å². The number of ether oxygens (including phenoxy) is 2. The van der Waals surface area contributed by atoms with Crippen LogP contribution in [0.2, 0.25) is 0 Å². The van der Waals surface area contributed by atoms with Crippen LogP contribution in [-0.2, 0) is 16.1 Å². The molecule has 0 unspecified atom stereocenters. The molecule has 0 atom stereocenters. The van der Waals surface area contributed by atoms with E-state index in [0.717, 1.165) is 26.1 Å². The number of aliphatic carboxylic acids is 1. The molecule has 2 rings (SSSR count). The first-order valence-corrected chi connectivity index (χ1v) is 5.69. The van der Waals surface area contributed by atoms with Gasteiger partial charge in [-0.1, -0.05) is 0 Å². The highest BCUT2D eigenvalue weighted by Gasteiger charge is 2.14. The zero-order chi connectivity index (χ0) is 12.1. The number of nitrogens with zero attached hydrogens (tertiary/aromatic N) is 2. The lowest BCUT2D eigenvalue weighted by atomic mass is 10.0. The van der Waals surface area contributed by atoms with Gasteiger partial charge in [0, 0.05) is 13.2 Å². The molecule has 0 aromatic carbocycles. The summed E-state index contributed by atoms with van der Waals surface area (Å²) in [5.41, 5.74) is 0.